The Labute approximate surface area is 96.1 Å². The van der Waals surface area contributed by atoms with Crippen molar-refractivity contribution in [3.63, 3.8) is 0 Å². The lowest BCUT2D eigenvalue weighted by molar-refractivity contribution is 0.0504. The number of aryl methyl sites for hydroxylation is 1. The zero-order valence-electron chi connectivity index (χ0n) is 10.2. The Morgan fingerprint density at radius 2 is 2.06 bits per heavy atom. The quantitative estimate of drug-likeness (QED) is 0.789. The second-order valence-corrected chi connectivity index (χ2v) is 4.72. The summed E-state index contributed by atoms with van der Waals surface area (Å²) in [5, 5.41) is 0. The smallest absolute Gasteiger partial charge is 0.274 e. The van der Waals surface area contributed by atoms with E-state index in [1.165, 1.54) is 6.42 Å². The highest BCUT2D eigenvalue weighted by Gasteiger charge is 2.31. The summed E-state index contributed by atoms with van der Waals surface area (Å²) in [6.07, 6.45) is 4.99. The highest BCUT2D eigenvalue weighted by atomic mass is 16.2. The molecule has 1 N–H and O–H groups in total. The maximum absolute atomic E-state index is 12.3. The molecular weight excluding hydrogens is 202 g/mol. The molecule has 1 amide bonds. The SMILES string of the molecule is Cc1[nH]cnc1C(=O)N1C(C)CCCC1C. The number of rotatable bonds is 1. The zero-order valence-corrected chi connectivity index (χ0v) is 10.2. The van der Waals surface area contributed by atoms with Crippen molar-refractivity contribution < 1.29 is 4.79 Å². The predicted molar refractivity (Wildman–Crippen MR) is 62.3 cm³/mol. The van der Waals surface area contributed by atoms with Crippen LogP contribution >= 0.6 is 0 Å². The Hall–Kier alpha value is -1.32. The number of nitrogens with one attached hydrogen (secondary N) is 1. The molecule has 0 bridgehead atoms. The number of amides is 1. The minimum absolute atomic E-state index is 0.0680. The van der Waals surface area contributed by atoms with Crippen molar-refractivity contribution in [1.29, 1.82) is 0 Å². The van der Waals surface area contributed by atoms with E-state index >= 15 is 0 Å². The highest BCUT2D eigenvalue weighted by Crippen LogP contribution is 2.24. The van der Waals surface area contributed by atoms with Gasteiger partial charge in [-0.1, -0.05) is 0 Å². The maximum Gasteiger partial charge on any atom is 0.274 e. The van der Waals surface area contributed by atoms with Crippen molar-refractivity contribution in [3.05, 3.63) is 17.7 Å². The summed E-state index contributed by atoms with van der Waals surface area (Å²) in [4.78, 5) is 21.4. The van der Waals surface area contributed by atoms with Crippen molar-refractivity contribution in [2.24, 2.45) is 0 Å². The Bertz CT molecular complexity index is 375. The van der Waals surface area contributed by atoms with Crippen LogP contribution in [0.15, 0.2) is 6.33 Å². The molecule has 0 spiro atoms. The van der Waals surface area contributed by atoms with Gasteiger partial charge in [-0.05, 0) is 40.0 Å². The van der Waals surface area contributed by atoms with Crippen LogP contribution in [0.3, 0.4) is 0 Å². The number of aromatic amines is 1. The van der Waals surface area contributed by atoms with Crippen LogP contribution in [0, 0.1) is 6.92 Å². The number of carbonyl (C=O) groups is 1. The molecule has 0 aliphatic carbocycles. The van der Waals surface area contributed by atoms with E-state index in [4.69, 9.17) is 0 Å². The van der Waals surface area contributed by atoms with Gasteiger partial charge in [0, 0.05) is 17.8 Å². The normalized spacial score (nSPS) is 25.8. The molecule has 16 heavy (non-hydrogen) atoms. The molecule has 1 aliphatic heterocycles. The fourth-order valence-corrected chi connectivity index (χ4v) is 2.52. The average Bonchev–Trinajstić information content (AvgIpc) is 2.64. The molecule has 2 rings (SSSR count). The minimum Gasteiger partial charge on any atom is -0.348 e. The highest BCUT2D eigenvalue weighted by molar-refractivity contribution is 5.93. The Morgan fingerprint density at radius 3 is 2.56 bits per heavy atom. The lowest BCUT2D eigenvalue weighted by Crippen LogP contribution is -2.47. The Morgan fingerprint density at radius 1 is 1.44 bits per heavy atom. The van der Waals surface area contributed by atoms with Crippen molar-refractivity contribution in [3.8, 4) is 0 Å². The molecule has 4 nitrogen and oxygen atoms in total. The Kier molecular flexibility index (Phi) is 2.99. The van der Waals surface area contributed by atoms with E-state index in [1.807, 2.05) is 11.8 Å². The van der Waals surface area contributed by atoms with Crippen LogP contribution in [0.5, 0.6) is 0 Å². The number of nitrogens with zero attached hydrogens (tertiary/aromatic N) is 2. The molecule has 2 unspecified atom stereocenters. The molecule has 1 fully saturated rings. The van der Waals surface area contributed by atoms with Gasteiger partial charge in [0.1, 0.15) is 5.69 Å². The van der Waals surface area contributed by atoms with Crippen LogP contribution in [0.1, 0.15) is 49.3 Å². The molecule has 4 heteroatoms. The predicted octanol–water partition coefficient (Wildman–Crippen LogP) is 2.12. The summed E-state index contributed by atoms with van der Waals surface area (Å²) < 4.78 is 0. The average molecular weight is 221 g/mol. The number of hydrogen-bond acceptors (Lipinski definition) is 2. The number of carbonyl (C=O) groups excluding carboxylic acids is 1. The first kappa shape index (κ1) is 11.2. The van der Waals surface area contributed by atoms with Crippen LogP contribution in [-0.4, -0.2) is 32.9 Å². The van der Waals surface area contributed by atoms with Crippen LogP contribution in [0.4, 0.5) is 0 Å². The van der Waals surface area contributed by atoms with E-state index in [1.54, 1.807) is 6.33 Å². The van der Waals surface area contributed by atoms with Crippen LogP contribution in [0.2, 0.25) is 0 Å². The fourth-order valence-electron chi connectivity index (χ4n) is 2.52. The Balaban J connectivity index is 2.23. The summed E-state index contributed by atoms with van der Waals surface area (Å²) in [6, 6.07) is 0.652. The van der Waals surface area contributed by atoms with E-state index < -0.39 is 0 Å². The van der Waals surface area contributed by atoms with Gasteiger partial charge in [-0.25, -0.2) is 4.98 Å². The summed E-state index contributed by atoms with van der Waals surface area (Å²) in [7, 11) is 0. The second-order valence-electron chi connectivity index (χ2n) is 4.72. The number of piperidine rings is 1. The van der Waals surface area contributed by atoms with Gasteiger partial charge in [0.2, 0.25) is 0 Å². The van der Waals surface area contributed by atoms with Crippen molar-refractivity contribution in [1.82, 2.24) is 14.9 Å². The van der Waals surface area contributed by atoms with Gasteiger partial charge in [-0.15, -0.1) is 0 Å². The van der Waals surface area contributed by atoms with Gasteiger partial charge in [0.25, 0.3) is 5.91 Å². The summed E-state index contributed by atoms with van der Waals surface area (Å²) in [5.74, 6) is 0.0680. The van der Waals surface area contributed by atoms with E-state index in [0.717, 1.165) is 18.5 Å². The van der Waals surface area contributed by atoms with Crippen LogP contribution in [0.25, 0.3) is 0 Å². The van der Waals surface area contributed by atoms with E-state index in [0.29, 0.717) is 17.8 Å². The van der Waals surface area contributed by atoms with Gasteiger partial charge in [-0.3, -0.25) is 4.79 Å². The van der Waals surface area contributed by atoms with Gasteiger partial charge in [-0.2, -0.15) is 0 Å². The van der Waals surface area contributed by atoms with Gasteiger partial charge < -0.3 is 9.88 Å². The lowest BCUT2D eigenvalue weighted by atomic mass is 9.97. The standard InChI is InChI=1S/C12H19N3O/c1-8-5-4-6-9(2)15(8)12(16)11-10(3)13-7-14-11/h7-9H,4-6H2,1-3H3,(H,13,14). The molecule has 2 atom stereocenters. The molecule has 1 aromatic heterocycles. The number of imidazole rings is 1. The minimum atomic E-state index is 0.0680. The number of H-pyrrole nitrogens is 1. The van der Waals surface area contributed by atoms with Crippen molar-refractivity contribution in [2.75, 3.05) is 0 Å². The summed E-state index contributed by atoms with van der Waals surface area (Å²) >= 11 is 0. The van der Waals surface area contributed by atoms with Gasteiger partial charge in [0.15, 0.2) is 0 Å². The first-order chi connectivity index (χ1) is 7.61. The maximum atomic E-state index is 12.3. The van der Waals surface area contributed by atoms with Gasteiger partial charge in [0.05, 0.1) is 6.33 Å². The number of likely N-dealkylation sites (tertiary alicyclic amines) is 1. The van der Waals surface area contributed by atoms with Crippen molar-refractivity contribution in [2.45, 2.75) is 52.1 Å². The monoisotopic (exact) mass is 221 g/mol. The largest absolute Gasteiger partial charge is 0.348 e. The molecule has 0 saturated carbocycles. The molecule has 0 aromatic carbocycles. The first-order valence-corrected chi connectivity index (χ1v) is 5.94. The van der Waals surface area contributed by atoms with Crippen molar-refractivity contribution >= 4 is 5.91 Å². The summed E-state index contributed by atoms with van der Waals surface area (Å²) in [5.41, 5.74) is 1.43. The third-order valence-electron chi connectivity index (χ3n) is 3.46. The third-order valence-corrected chi connectivity index (χ3v) is 3.46. The lowest BCUT2D eigenvalue weighted by Gasteiger charge is -2.38. The third kappa shape index (κ3) is 1.84. The number of hydrogen-bond donors (Lipinski definition) is 1. The molecule has 2 heterocycles. The second kappa shape index (κ2) is 4.28. The summed E-state index contributed by atoms with van der Waals surface area (Å²) in [6.45, 7) is 6.13. The first-order valence-electron chi connectivity index (χ1n) is 5.94. The van der Waals surface area contributed by atoms with Crippen LogP contribution < -0.4 is 0 Å². The molecule has 1 saturated heterocycles. The molecule has 0 radical (unpaired) electrons. The molecule has 1 aliphatic rings. The molecule has 1 aromatic rings. The topological polar surface area (TPSA) is 49.0 Å². The number of aromatic nitrogens is 2. The molecular formula is C12H19N3O. The fraction of sp³-hybridized carbons (Fsp3) is 0.667. The van der Waals surface area contributed by atoms with E-state index in [-0.39, 0.29) is 5.91 Å². The van der Waals surface area contributed by atoms with Crippen LogP contribution in [-0.2, 0) is 0 Å². The zero-order chi connectivity index (χ0) is 11.7. The van der Waals surface area contributed by atoms with E-state index in [9.17, 15) is 4.79 Å². The van der Waals surface area contributed by atoms with Gasteiger partial charge >= 0.3 is 0 Å². The molecule has 88 valence electrons. The van der Waals surface area contributed by atoms with E-state index in [2.05, 4.69) is 23.8 Å².